The minimum atomic E-state index is -3.56. The maximum atomic E-state index is 13.3. The van der Waals surface area contributed by atoms with Gasteiger partial charge in [0.05, 0.1) is 4.90 Å². The number of halogens is 1. The van der Waals surface area contributed by atoms with Crippen molar-refractivity contribution >= 4 is 15.9 Å². The van der Waals surface area contributed by atoms with E-state index in [9.17, 15) is 17.6 Å². The van der Waals surface area contributed by atoms with Gasteiger partial charge in [0, 0.05) is 38.6 Å². The van der Waals surface area contributed by atoms with E-state index in [2.05, 4.69) is 0 Å². The third kappa shape index (κ3) is 6.15. The van der Waals surface area contributed by atoms with Gasteiger partial charge >= 0.3 is 0 Å². The lowest BCUT2D eigenvalue weighted by atomic mass is 9.96. The van der Waals surface area contributed by atoms with E-state index in [1.165, 1.54) is 16.4 Å². The highest BCUT2D eigenvalue weighted by Gasteiger charge is 2.33. The van der Waals surface area contributed by atoms with E-state index in [1.807, 2.05) is 30.8 Å². The zero-order chi connectivity index (χ0) is 23.3. The number of benzene rings is 2. The Morgan fingerprint density at radius 2 is 1.59 bits per heavy atom. The Hall–Kier alpha value is -2.29. The molecular formula is C24H32FN3O3S. The lowest BCUT2D eigenvalue weighted by molar-refractivity contribution is -0.137. The van der Waals surface area contributed by atoms with Crippen molar-refractivity contribution in [2.24, 2.45) is 5.92 Å². The summed E-state index contributed by atoms with van der Waals surface area (Å²) in [6, 6.07) is 13.0. The molecule has 2 aromatic rings. The third-order valence-electron chi connectivity index (χ3n) is 5.88. The smallest absolute Gasteiger partial charge is 0.243 e. The summed E-state index contributed by atoms with van der Waals surface area (Å²) < 4.78 is 40.6. The molecule has 1 amide bonds. The molecule has 0 bridgehead atoms. The maximum absolute atomic E-state index is 13.3. The molecule has 0 unspecified atom stereocenters. The molecule has 0 atom stereocenters. The van der Waals surface area contributed by atoms with Gasteiger partial charge in [-0.25, -0.2) is 12.8 Å². The first-order valence-electron chi connectivity index (χ1n) is 10.9. The summed E-state index contributed by atoms with van der Waals surface area (Å²) in [5.74, 6) is -0.493. The molecule has 174 valence electrons. The topological polar surface area (TPSA) is 60.9 Å². The van der Waals surface area contributed by atoms with Gasteiger partial charge in [-0.3, -0.25) is 4.79 Å². The number of carbonyl (C=O) groups excluding carboxylic acids is 1. The van der Waals surface area contributed by atoms with Crippen LogP contribution in [0.15, 0.2) is 53.4 Å². The number of hydrogen-bond donors (Lipinski definition) is 0. The fourth-order valence-corrected chi connectivity index (χ4v) is 5.33. The Labute approximate surface area is 190 Å². The van der Waals surface area contributed by atoms with Crippen LogP contribution in [0.1, 0.15) is 24.0 Å². The highest BCUT2D eigenvalue weighted by molar-refractivity contribution is 7.89. The van der Waals surface area contributed by atoms with Gasteiger partial charge in [0.1, 0.15) is 5.82 Å². The molecule has 0 aliphatic carbocycles. The second-order valence-corrected chi connectivity index (χ2v) is 10.6. The minimum Gasteiger partial charge on any atom is -0.337 e. The van der Waals surface area contributed by atoms with Gasteiger partial charge in [-0.2, -0.15) is 4.31 Å². The van der Waals surface area contributed by atoms with E-state index in [0.29, 0.717) is 45.6 Å². The second kappa shape index (κ2) is 10.6. The number of sulfonamides is 1. The number of piperidine rings is 1. The molecule has 8 heteroatoms. The van der Waals surface area contributed by atoms with Gasteiger partial charge in [-0.15, -0.1) is 0 Å². The third-order valence-corrected chi connectivity index (χ3v) is 7.79. The Kier molecular flexibility index (Phi) is 8.03. The van der Waals surface area contributed by atoms with Crippen molar-refractivity contribution in [3.05, 3.63) is 65.5 Å². The fourth-order valence-electron chi connectivity index (χ4n) is 3.86. The number of hydrogen-bond acceptors (Lipinski definition) is 4. The SMILES string of the molecule is Cc1ccc(S(=O)(=O)N2CCC(C(=O)N(CCN(C)C)Cc3ccc(F)cc3)CC2)cc1. The molecule has 1 saturated heterocycles. The molecule has 0 N–H and O–H groups in total. The van der Waals surface area contributed by atoms with E-state index in [1.54, 1.807) is 36.4 Å². The number of carbonyl (C=O) groups is 1. The lowest BCUT2D eigenvalue weighted by Crippen LogP contribution is -2.45. The zero-order valence-electron chi connectivity index (χ0n) is 19.0. The van der Waals surface area contributed by atoms with Gasteiger partial charge in [-0.05, 0) is 63.7 Å². The highest BCUT2D eigenvalue weighted by Crippen LogP contribution is 2.26. The molecule has 0 spiro atoms. The van der Waals surface area contributed by atoms with Crippen LogP contribution in [0.5, 0.6) is 0 Å². The van der Waals surface area contributed by atoms with Crippen molar-refractivity contribution in [2.75, 3.05) is 40.3 Å². The van der Waals surface area contributed by atoms with Crippen LogP contribution >= 0.6 is 0 Å². The largest absolute Gasteiger partial charge is 0.337 e. The normalized spacial score (nSPS) is 15.8. The molecule has 1 aliphatic rings. The van der Waals surface area contributed by atoms with Crippen molar-refractivity contribution in [1.29, 1.82) is 0 Å². The molecule has 3 rings (SSSR count). The van der Waals surface area contributed by atoms with Crippen LogP contribution < -0.4 is 0 Å². The summed E-state index contributed by atoms with van der Waals surface area (Å²) in [5, 5.41) is 0. The van der Waals surface area contributed by atoms with E-state index >= 15 is 0 Å². The van der Waals surface area contributed by atoms with Gasteiger partial charge in [0.2, 0.25) is 15.9 Å². The molecule has 0 aromatic heterocycles. The number of aryl methyl sites for hydroxylation is 1. The van der Waals surface area contributed by atoms with Gasteiger partial charge in [0.15, 0.2) is 0 Å². The molecule has 32 heavy (non-hydrogen) atoms. The Morgan fingerprint density at radius 3 is 2.16 bits per heavy atom. The second-order valence-electron chi connectivity index (χ2n) is 8.68. The van der Waals surface area contributed by atoms with E-state index < -0.39 is 10.0 Å². The van der Waals surface area contributed by atoms with E-state index in [0.717, 1.165) is 11.1 Å². The summed E-state index contributed by atoms with van der Waals surface area (Å²) in [7, 11) is 0.351. The summed E-state index contributed by atoms with van der Waals surface area (Å²) in [6.45, 7) is 4.25. The van der Waals surface area contributed by atoms with Crippen LogP contribution in [0.4, 0.5) is 4.39 Å². The van der Waals surface area contributed by atoms with E-state index in [-0.39, 0.29) is 22.5 Å². The predicted octanol–water partition coefficient (Wildman–Crippen LogP) is 3.13. The van der Waals surface area contributed by atoms with Gasteiger partial charge in [-0.1, -0.05) is 29.8 Å². The standard InChI is InChI=1S/C24H32FN3O3S/c1-19-4-10-23(11-5-19)32(30,31)28-14-12-21(13-15-28)24(29)27(17-16-26(2)3)18-20-6-8-22(25)9-7-20/h4-11,21H,12-18H2,1-3H3. The molecule has 2 aromatic carbocycles. The molecular weight excluding hydrogens is 429 g/mol. The van der Waals surface area contributed by atoms with Crippen LogP contribution in [0, 0.1) is 18.7 Å². The summed E-state index contributed by atoms with van der Waals surface area (Å²) >= 11 is 0. The first-order chi connectivity index (χ1) is 15.2. The van der Waals surface area contributed by atoms with Crippen LogP contribution in [-0.4, -0.2) is 68.7 Å². The molecule has 1 heterocycles. The first kappa shape index (κ1) is 24.4. The van der Waals surface area contributed by atoms with Crippen molar-refractivity contribution < 1.29 is 17.6 Å². The van der Waals surface area contributed by atoms with Crippen molar-refractivity contribution in [3.8, 4) is 0 Å². The van der Waals surface area contributed by atoms with Crippen molar-refractivity contribution in [2.45, 2.75) is 31.2 Å². The molecule has 1 fully saturated rings. The molecule has 0 saturated carbocycles. The zero-order valence-corrected chi connectivity index (χ0v) is 19.8. The Bertz CT molecular complexity index is 1000. The predicted molar refractivity (Wildman–Crippen MR) is 123 cm³/mol. The van der Waals surface area contributed by atoms with Crippen LogP contribution in [0.3, 0.4) is 0 Å². The summed E-state index contributed by atoms with van der Waals surface area (Å²) in [5.41, 5.74) is 1.88. The number of likely N-dealkylation sites (N-methyl/N-ethyl adjacent to an activating group) is 1. The van der Waals surface area contributed by atoms with Crippen molar-refractivity contribution in [3.63, 3.8) is 0 Å². The summed E-state index contributed by atoms with van der Waals surface area (Å²) in [4.78, 5) is 17.4. The van der Waals surface area contributed by atoms with E-state index in [4.69, 9.17) is 0 Å². The van der Waals surface area contributed by atoms with Crippen LogP contribution in [0.2, 0.25) is 0 Å². The quantitative estimate of drug-likeness (QED) is 0.606. The van der Waals surface area contributed by atoms with Gasteiger partial charge in [0.25, 0.3) is 0 Å². The number of rotatable bonds is 8. The average Bonchev–Trinajstić information content (AvgIpc) is 2.77. The highest BCUT2D eigenvalue weighted by atomic mass is 32.2. The molecule has 0 radical (unpaired) electrons. The lowest BCUT2D eigenvalue weighted by Gasteiger charge is -2.34. The maximum Gasteiger partial charge on any atom is 0.243 e. The first-order valence-corrected chi connectivity index (χ1v) is 12.4. The van der Waals surface area contributed by atoms with Crippen molar-refractivity contribution in [1.82, 2.24) is 14.1 Å². The summed E-state index contributed by atoms with van der Waals surface area (Å²) in [6.07, 6.45) is 0.984. The average molecular weight is 462 g/mol. The van der Waals surface area contributed by atoms with Crippen LogP contribution in [0.25, 0.3) is 0 Å². The number of nitrogens with zero attached hydrogens (tertiary/aromatic N) is 3. The molecule has 1 aliphatic heterocycles. The number of amides is 1. The monoisotopic (exact) mass is 461 g/mol. The molecule has 6 nitrogen and oxygen atoms in total. The van der Waals surface area contributed by atoms with Crippen LogP contribution in [-0.2, 0) is 21.4 Å². The Morgan fingerprint density at radius 1 is 1.00 bits per heavy atom. The Balaban J connectivity index is 1.66. The van der Waals surface area contributed by atoms with Gasteiger partial charge < -0.3 is 9.80 Å². The fraction of sp³-hybridized carbons (Fsp3) is 0.458. The minimum absolute atomic E-state index is 0.0311.